The van der Waals surface area contributed by atoms with E-state index in [1.807, 2.05) is 30.3 Å². The van der Waals surface area contributed by atoms with Crippen LogP contribution in [0, 0.1) is 0 Å². The second-order valence-electron chi connectivity index (χ2n) is 8.80. The smallest absolute Gasteiger partial charge is 0.409 e. The average molecular weight is 572 g/mol. The molecule has 0 radical (unpaired) electrons. The number of thiophene rings is 1. The van der Waals surface area contributed by atoms with Gasteiger partial charge in [-0.05, 0) is 48.7 Å². The van der Waals surface area contributed by atoms with E-state index in [0.717, 1.165) is 16.0 Å². The third kappa shape index (κ3) is 6.13. The van der Waals surface area contributed by atoms with Crippen molar-refractivity contribution in [3.05, 3.63) is 81.7 Å². The van der Waals surface area contributed by atoms with Crippen molar-refractivity contribution in [3.8, 4) is 0 Å². The van der Waals surface area contributed by atoms with E-state index in [1.54, 1.807) is 6.92 Å². The molecule has 0 spiro atoms. The molecule has 0 saturated heterocycles. The van der Waals surface area contributed by atoms with Crippen molar-refractivity contribution in [1.29, 1.82) is 0 Å². The zero-order chi connectivity index (χ0) is 28.2. The number of carbonyl (C=O) groups excluding carboxylic acids is 3. The van der Waals surface area contributed by atoms with Crippen LogP contribution in [0.15, 0.2) is 59.5 Å². The first-order valence-electron chi connectivity index (χ1n) is 12.2. The van der Waals surface area contributed by atoms with Gasteiger partial charge in [0.1, 0.15) is 5.00 Å². The van der Waals surface area contributed by atoms with E-state index in [9.17, 15) is 22.8 Å². The van der Waals surface area contributed by atoms with Crippen molar-refractivity contribution < 1.29 is 32.3 Å². The number of amides is 2. The van der Waals surface area contributed by atoms with Crippen molar-refractivity contribution in [1.82, 2.24) is 9.21 Å². The Morgan fingerprint density at radius 2 is 1.77 bits per heavy atom. The van der Waals surface area contributed by atoms with Crippen LogP contribution >= 0.6 is 11.3 Å². The number of fused-ring (bicyclic) bond motifs is 1. The number of sulfonamides is 1. The number of benzene rings is 2. The van der Waals surface area contributed by atoms with Crippen LogP contribution in [0.5, 0.6) is 0 Å². The summed E-state index contributed by atoms with van der Waals surface area (Å²) in [6.45, 7) is 2.68. The minimum absolute atomic E-state index is 0.0548. The van der Waals surface area contributed by atoms with Gasteiger partial charge in [-0.1, -0.05) is 30.3 Å². The maximum Gasteiger partial charge on any atom is 0.409 e. The average Bonchev–Trinajstić information content (AvgIpc) is 3.30. The normalized spacial score (nSPS) is 13.1. The van der Waals surface area contributed by atoms with Crippen LogP contribution < -0.4 is 5.32 Å². The van der Waals surface area contributed by atoms with Crippen LogP contribution in [-0.4, -0.2) is 62.9 Å². The summed E-state index contributed by atoms with van der Waals surface area (Å²) in [5, 5.41) is 3.09. The third-order valence-electron chi connectivity index (χ3n) is 6.27. The molecule has 2 amide bonds. The fraction of sp³-hybridized carbons (Fsp3) is 0.296. The first kappa shape index (κ1) is 28.3. The van der Waals surface area contributed by atoms with Gasteiger partial charge in [0.25, 0.3) is 5.91 Å². The Morgan fingerprint density at radius 3 is 2.41 bits per heavy atom. The van der Waals surface area contributed by atoms with Gasteiger partial charge in [-0.3, -0.25) is 4.79 Å². The zero-order valence-corrected chi connectivity index (χ0v) is 23.4. The molecule has 0 bridgehead atoms. The van der Waals surface area contributed by atoms with Gasteiger partial charge < -0.3 is 19.7 Å². The van der Waals surface area contributed by atoms with Gasteiger partial charge in [0.2, 0.25) is 10.0 Å². The molecule has 4 rings (SSSR count). The molecule has 2 aromatic carbocycles. The predicted molar refractivity (Wildman–Crippen MR) is 146 cm³/mol. The summed E-state index contributed by atoms with van der Waals surface area (Å²) in [4.78, 5) is 40.2. The molecule has 1 N–H and O–H groups in total. The van der Waals surface area contributed by atoms with Gasteiger partial charge in [0.05, 0.1) is 30.7 Å². The second-order valence-corrected chi connectivity index (χ2v) is 11.9. The van der Waals surface area contributed by atoms with E-state index in [0.29, 0.717) is 18.0 Å². The molecule has 1 aliphatic rings. The minimum Gasteiger partial charge on any atom is -0.462 e. The van der Waals surface area contributed by atoms with Crippen molar-refractivity contribution in [2.75, 3.05) is 32.6 Å². The van der Waals surface area contributed by atoms with E-state index in [1.165, 1.54) is 59.0 Å². The Labute approximate surface area is 231 Å². The molecule has 0 unspecified atom stereocenters. The molecule has 2 heterocycles. The molecular weight excluding hydrogens is 542 g/mol. The summed E-state index contributed by atoms with van der Waals surface area (Å²) in [7, 11) is -0.974. The van der Waals surface area contributed by atoms with Gasteiger partial charge in [-0.25, -0.2) is 18.0 Å². The zero-order valence-electron chi connectivity index (χ0n) is 21.8. The maximum absolute atomic E-state index is 13.1. The number of esters is 1. The first-order chi connectivity index (χ1) is 18.6. The van der Waals surface area contributed by atoms with Gasteiger partial charge in [0, 0.05) is 30.6 Å². The Balaban J connectivity index is 1.54. The number of carbonyl (C=O) groups is 3. The van der Waals surface area contributed by atoms with E-state index in [2.05, 4.69) is 5.32 Å². The van der Waals surface area contributed by atoms with Crippen LogP contribution in [0.2, 0.25) is 0 Å². The minimum atomic E-state index is -3.78. The number of anilines is 1. The SMILES string of the molecule is CCOC(=O)c1c(NC(=O)c2ccc(S(=O)(=O)N(C)Cc3ccccc3)cc2)sc2c1CCN(C(=O)OC)C2. The fourth-order valence-electron chi connectivity index (χ4n) is 4.25. The number of rotatable bonds is 8. The predicted octanol–water partition coefficient (Wildman–Crippen LogP) is 4.12. The van der Waals surface area contributed by atoms with Gasteiger partial charge in [-0.2, -0.15) is 4.31 Å². The summed E-state index contributed by atoms with van der Waals surface area (Å²) in [5.74, 6) is -1.06. The van der Waals surface area contributed by atoms with Crippen molar-refractivity contribution in [2.45, 2.75) is 31.3 Å². The number of ether oxygens (including phenoxy) is 2. The summed E-state index contributed by atoms with van der Waals surface area (Å²) in [6, 6.07) is 14.9. The lowest BCUT2D eigenvalue weighted by atomic mass is 10.0. The van der Waals surface area contributed by atoms with Crippen molar-refractivity contribution in [2.24, 2.45) is 0 Å². The maximum atomic E-state index is 13.1. The second kappa shape index (κ2) is 12.0. The fourth-order valence-corrected chi connectivity index (χ4v) is 6.66. The Hall–Kier alpha value is -3.74. The number of methoxy groups -OCH3 is 1. The molecule has 12 heteroatoms. The molecule has 1 aliphatic heterocycles. The van der Waals surface area contributed by atoms with Gasteiger partial charge in [-0.15, -0.1) is 11.3 Å². The molecule has 0 atom stereocenters. The van der Waals surface area contributed by atoms with E-state index < -0.39 is 28.0 Å². The summed E-state index contributed by atoms with van der Waals surface area (Å²) in [5.41, 5.74) is 2.08. The van der Waals surface area contributed by atoms with Gasteiger partial charge >= 0.3 is 12.1 Å². The number of hydrogen-bond donors (Lipinski definition) is 1. The summed E-state index contributed by atoms with van der Waals surface area (Å²) < 4.78 is 37.4. The van der Waals surface area contributed by atoms with Crippen LogP contribution in [0.1, 0.15) is 43.6 Å². The van der Waals surface area contributed by atoms with Crippen LogP contribution in [0.3, 0.4) is 0 Å². The standard InChI is InChI=1S/C27H29N3O7S2/c1-4-37-26(32)23-21-14-15-30(27(33)36-3)17-22(21)38-25(23)28-24(31)19-10-12-20(13-11-19)39(34,35)29(2)16-18-8-6-5-7-9-18/h5-13H,4,14-17H2,1-3H3,(H,28,31). The quantitative estimate of drug-likeness (QED) is 0.404. The Bertz CT molecular complexity index is 1470. The summed E-state index contributed by atoms with van der Waals surface area (Å²) in [6.07, 6.45) is -0.0599. The highest BCUT2D eigenvalue weighted by atomic mass is 32.2. The number of nitrogens with zero attached hydrogens (tertiary/aromatic N) is 2. The molecule has 10 nitrogen and oxygen atoms in total. The number of hydrogen-bond acceptors (Lipinski definition) is 8. The first-order valence-corrected chi connectivity index (χ1v) is 14.5. The lowest BCUT2D eigenvalue weighted by molar-refractivity contribution is 0.0526. The van der Waals surface area contributed by atoms with E-state index in [-0.39, 0.29) is 35.7 Å². The van der Waals surface area contributed by atoms with Crippen LogP contribution in [-0.2, 0) is 39.0 Å². The lowest BCUT2D eigenvalue weighted by Gasteiger charge is -2.25. The molecule has 1 aromatic heterocycles. The summed E-state index contributed by atoms with van der Waals surface area (Å²) >= 11 is 1.20. The molecular formula is C27H29N3O7S2. The highest BCUT2D eigenvalue weighted by molar-refractivity contribution is 7.89. The highest BCUT2D eigenvalue weighted by Gasteiger charge is 2.31. The van der Waals surface area contributed by atoms with Crippen LogP contribution in [0.25, 0.3) is 0 Å². The Kier molecular flexibility index (Phi) is 8.68. The topological polar surface area (TPSA) is 122 Å². The van der Waals surface area contributed by atoms with Crippen molar-refractivity contribution >= 4 is 44.3 Å². The third-order valence-corrected chi connectivity index (χ3v) is 9.22. The molecule has 39 heavy (non-hydrogen) atoms. The molecule has 0 aliphatic carbocycles. The van der Waals surface area contributed by atoms with E-state index >= 15 is 0 Å². The van der Waals surface area contributed by atoms with E-state index in [4.69, 9.17) is 9.47 Å². The molecule has 206 valence electrons. The molecule has 0 fully saturated rings. The molecule has 0 saturated carbocycles. The van der Waals surface area contributed by atoms with Gasteiger partial charge in [0.15, 0.2) is 0 Å². The monoisotopic (exact) mass is 571 g/mol. The van der Waals surface area contributed by atoms with Crippen LogP contribution in [0.4, 0.5) is 9.80 Å². The van der Waals surface area contributed by atoms with Crippen molar-refractivity contribution in [3.63, 3.8) is 0 Å². The molecule has 3 aromatic rings. The number of nitrogens with one attached hydrogen (secondary N) is 1. The largest absolute Gasteiger partial charge is 0.462 e. The highest BCUT2D eigenvalue weighted by Crippen LogP contribution is 2.38. The Morgan fingerprint density at radius 1 is 1.08 bits per heavy atom. The lowest BCUT2D eigenvalue weighted by Crippen LogP contribution is -2.35.